The number of aromatic nitrogens is 6. The molecular weight excluding hydrogens is 1440 g/mol. The van der Waals surface area contributed by atoms with Gasteiger partial charge < -0.3 is 75.9 Å². The number of aryl methyl sites for hydroxylation is 3. The van der Waals surface area contributed by atoms with Crippen molar-refractivity contribution in [3.63, 3.8) is 0 Å². The number of rotatable bonds is 24. The summed E-state index contributed by atoms with van der Waals surface area (Å²) in [4.78, 5) is 117. The number of aliphatic hydroxyl groups is 3. The molecule has 1 unspecified atom stereocenters. The third-order valence-corrected chi connectivity index (χ3v) is 20.3. The van der Waals surface area contributed by atoms with Gasteiger partial charge >= 0.3 is 0 Å². The van der Waals surface area contributed by atoms with Gasteiger partial charge in [-0.15, -0.1) is 0 Å². The van der Waals surface area contributed by atoms with E-state index in [1.807, 2.05) is 0 Å². The molecule has 3 aliphatic carbocycles. The minimum absolute atomic E-state index is 0.0572. The SMILES string of the molecule is COc1cc(CNC(=O)c2cc(C3=NOC(C4CCC(NC(=O)[C@H](C)O)CC4)C3)nc(C)n2)ccc1F.COc1cc(CNC(=O)c2cc(C3=NO[C@@H](C4CCC(NC(=O)[C@H](C)O)CC4)C3)nc(C)n2)ccc1F.COc1cc(CNC(=O)c2cc(C3=NO[C@H](C4CCC(NC(=O)[C@H](C)O)CC4)C3)nc(C)n2)ccc1F. The van der Waals surface area contributed by atoms with Crippen molar-refractivity contribution >= 4 is 52.6 Å². The molecule has 9 N–H and O–H groups in total. The number of amides is 6. The molecule has 6 heterocycles. The number of aliphatic hydroxyl groups excluding tert-OH is 3. The van der Waals surface area contributed by atoms with E-state index in [2.05, 4.69) is 77.3 Å². The number of oxime groups is 3. The summed E-state index contributed by atoms with van der Waals surface area (Å²) in [7, 11) is 4.15. The van der Waals surface area contributed by atoms with Crippen molar-refractivity contribution in [3.05, 3.63) is 159 Å². The molecule has 0 bridgehead atoms. The summed E-state index contributed by atoms with van der Waals surface area (Å²) in [6.45, 7) is 10.0. The van der Waals surface area contributed by atoms with Gasteiger partial charge in [0.2, 0.25) is 17.7 Å². The van der Waals surface area contributed by atoms with Crippen molar-refractivity contribution in [2.75, 3.05) is 21.3 Å². The monoisotopic (exact) mass is 1540 g/mol. The third-order valence-electron chi connectivity index (χ3n) is 20.3. The molecule has 6 amide bonds. The zero-order chi connectivity index (χ0) is 79.6. The summed E-state index contributed by atoms with van der Waals surface area (Å²) < 4.78 is 55.9. The summed E-state index contributed by atoms with van der Waals surface area (Å²) in [6, 6.07) is 18.2. The number of halogens is 3. The standard InChI is InChI=1S/3C26H32FN5O5/c3*1-14(33)25(34)31-18-7-5-17(6-8-18)23-12-21(32-37-23)20-11-22(30-15(2)29-20)26(35)28-13-16-4-9-19(27)24(10-16)36-3/h3*4,9-11,14,17-18,23,33H,5-8,12-13H2,1-3H3,(H,28,35)(H,31,34)/t14-,17?,18?,23?;14-,17?,18?,23+;14-,17?,18?,23-/m000/s1. The summed E-state index contributed by atoms with van der Waals surface area (Å²) in [5.41, 5.74) is 6.31. The molecule has 0 radical (unpaired) electrons. The van der Waals surface area contributed by atoms with Gasteiger partial charge in [-0.3, -0.25) is 28.8 Å². The fourth-order valence-corrected chi connectivity index (χ4v) is 14.0. The summed E-state index contributed by atoms with van der Waals surface area (Å²) in [6.07, 6.45) is 8.55. The molecular formula is C78H96F3N15O15. The second-order valence-corrected chi connectivity index (χ2v) is 28.6. The summed E-state index contributed by atoms with van der Waals surface area (Å²) >= 11 is 0. The van der Waals surface area contributed by atoms with Crippen molar-refractivity contribution in [1.82, 2.24) is 61.8 Å². The van der Waals surface area contributed by atoms with E-state index in [1.165, 1.54) is 78.5 Å². The highest BCUT2D eigenvalue weighted by atomic mass is 19.1. The number of nitrogens with one attached hydrogen (secondary N) is 6. The van der Waals surface area contributed by atoms with Crippen LogP contribution in [0.2, 0.25) is 0 Å². The van der Waals surface area contributed by atoms with E-state index in [4.69, 9.17) is 28.7 Å². The van der Waals surface area contributed by atoms with E-state index < -0.39 is 35.8 Å². The molecule has 3 aromatic carbocycles. The fourth-order valence-electron chi connectivity index (χ4n) is 14.0. The molecule has 594 valence electrons. The second kappa shape index (κ2) is 38.7. The Hall–Kier alpha value is -10.8. The molecule has 6 atom stereocenters. The molecule has 0 spiro atoms. The first-order valence-corrected chi connectivity index (χ1v) is 37.2. The van der Waals surface area contributed by atoms with Gasteiger partial charge in [-0.25, -0.2) is 43.1 Å². The maximum atomic E-state index is 13.6. The first kappa shape index (κ1) is 82.7. The minimum atomic E-state index is -1.01. The quantitative estimate of drug-likeness (QED) is 0.0288. The predicted octanol–water partition coefficient (Wildman–Crippen LogP) is 7.23. The van der Waals surface area contributed by atoms with Gasteiger partial charge in [-0.1, -0.05) is 33.7 Å². The Kier molecular flexibility index (Phi) is 28.8. The number of ether oxygens (including phenoxy) is 3. The number of hydrogen-bond donors (Lipinski definition) is 9. The van der Waals surface area contributed by atoms with Gasteiger partial charge in [0.25, 0.3) is 17.7 Å². The lowest BCUT2D eigenvalue weighted by Gasteiger charge is -2.31. The number of carbonyl (C=O) groups is 6. The van der Waals surface area contributed by atoms with Crippen LogP contribution < -0.4 is 46.1 Å². The highest BCUT2D eigenvalue weighted by molar-refractivity contribution is 6.03. The molecule has 33 heteroatoms. The van der Waals surface area contributed by atoms with Crippen LogP contribution in [0.1, 0.15) is 200 Å². The smallest absolute Gasteiger partial charge is 0.270 e. The molecule has 3 saturated carbocycles. The lowest BCUT2D eigenvalue weighted by atomic mass is 9.81. The van der Waals surface area contributed by atoms with Crippen LogP contribution in [0.25, 0.3) is 0 Å². The van der Waals surface area contributed by atoms with Crippen LogP contribution in [0.4, 0.5) is 13.2 Å². The molecule has 12 rings (SSSR count). The minimum Gasteiger partial charge on any atom is -0.494 e. The van der Waals surface area contributed by atoms with Crippen LogP contribution in [0, 0.1) is 56.0 Å². The Labute approximate surface area is 640 Å². The maximum absolute atomic E-state index is 13.6. The van der Waals surface area contributed by atoms with Crippen molar-refractivity contribution in [1.29, 1.82) is 0 Å². The Bertz CT molecular complexity index is 3970. The third kappa shape index (κ3) is 22.9. The zero-order valence-electron chi connectivity index (χ0n) is 63.5. The fraction of sp³-hybridized carbons (Fsp3) is 0.500. The maximum Gasteiger partial charge on any atom is 0.270 e. The van der Waals surface area contributed by atoms with E-state index in [1.54, 1.807) is 57.2 Å². The molecule has 6 aromatic rings. The van der Waals surface area contributed by atoms with E-state index in [9.17, 15) is 57.3 Å². The molecule has 3 aromatic heterocycles. The van der Waals surface area contributed by atoms with Crippen molar-refractivity contribution < 1.29 is 86.0 Å². The van der Waals surface area contributed by atoms with Crippen LogP contribution in [-0.4, -0.2) is 174 Å². The summed E-state index contributed by atoms with van der Waals surface area (Å²) in [5.74, 6) is -1.09. The molecule has 6 aliphatic rings. The Morgan fingerprint density at radius 1 is 0.405 bits per heavy atom. The second-order valence-electron chi connectivity index (χ2n) is 28.6. The van der Waals surface area contributed by atoms with Crippen LogP contribution >= 0.6 is 0 Å². The van der Waals surface area contributed by atoms with Crippen molar-refractivity contribution in [2.24, 2.45) is 33.2 Å². The van der Waals surface area contributed by atoms with E-state index in [-0.39, 0.29) is 126 Å². The average Bonchev–Trinajstić information content (AvgIpc) is 1.80. The van der Waals surface area contributed by atoms with Gasteiger partial charge in [0.05, 0.1) is 38.4 Å². The normalized spacial score (nSPS) is 22.0. The van der Waals surface area contributed by atoms with Crippen molar-refractivity contribution in [3.8, 4) is 17.2 Å². The molecule has 0 saturated heterocycles. The van der Waals surface area contributed by atoms with E-state index in [0.29, 0.717) is 105 Å². The molecule has 3 aliphatic heterocycles. The number of hydrogen-bond acceptors (Lipinski definition) is 24. The largest absolute Gasteiger partial charge is 0.494 e. The highest BCUT2D eigenvalue weighted by Gasteiger charge is 2.39. The predicted molar refractivity (Wildman–Crippen MR) is 397 cm³/mol. The Morgan fingerprint density at radius 2 is 0.658 bits per heavy atom. The van der Waals surface area contributed by atoms with Crippen molar-refractivity contribution in [2.45, 2.75) is 212 Å². The molecule has 30 nitrogen and oxygen atoms in total. The number of methoxy groups -OCH3 is 3. The van der Waals surface area contributed by atoms with Crippen LogP contribution in [-0.2, 0) is 48.5 Å². The first-order valence-electron chi connectivity index (χ1n) is 37.2. The number of nitrogens with zero attached hydrogens (tertiary/aromatic N) is 9. The summed E-state index contributed by atoms with van der Waals surface area (Å²) in [5, 5.41) is 58.0. The van der Waals surface area contributed by atoms with Gasteiger partial charge in [-0.2, -0.15) is 0 Å². The molecule has 3 fully saturated rings. The first-order chi connectivity index (χ1) is 53.2. The number of benzene rings is 3. The van der Waals surface area contributed by atoms with Gasteiger partial charge in [-0.05, 0) is 208 Å². The lowest BCUT2D eigenvalue weighted by Crippen LogP contribution is -2.43. The topological polar surface area (TPSA) is 405 Å². The zero-order valence-corrected chi connectivity index (χ0v) is 63.5. The Balaban J connectivity index is 0.000000177. The average molecular weight is 1540 g/mol. The van der Waals surface area contributed by atoms with Gasteiger partial charge in [0, 0.05) is 57.0 Å². The number of carbonyl (C=O) groups excluding carboxylic acids is 6. The van der Waals surface area contributed by atoms with Crippen LogP contribution in [0.3, 0.4) is 0 Å². The van der Waals surface area contributed by atoms with Gasteiger partial charge in [0.15, 0.2) is 34.7 Å². The van der Waals surface area contributed by atoms with Gasteiger partial charge in [0.1, 0.15) is 88.3 Å². The Morgan fingerprint density at radius 3 is 0.892 bits per heavy atom. The lowest BCUT2D eigenvalue weighted by molar-refractivity contribution is -0.130. The van der Waals surface area contributed by atoms with E-state index in [0.717, 1.165) is 77.0 Å². The van der Waals surface area contributed by atoms with Crippen LogP contribution in [0.5, 0.6) is 17.2 Å². The molecule has 111 heavy (non-hydrogen) atoms. The van der Waals surface area contributed by atoms with Crippen LogP contribution in [0.15, 0.2) is 88.3 Å². The highest BCUT2D eigenvalue weighted by Crippen LogP contribution is 2.37. The van der Waals surface area contributed by atoms with E-state index >= 15 is 0 Å².